The monoisotopic (exact) mass is 286 g/mol. The average molecular weight is 286 g/mol. The van der Waals surface area contributed by atoms with Crippen LogP contribution in [0.3, 0.4) is 0 Å². The molecule has 3 unspecified atom stereocenters. The van der Waals surface area contributed by atoms with Gasteiger partial charge in [0.1, 0.15) is 5.75 Å². The van der Waals surface area contributed by atoms with E-state index in [1.807, 2.05) is 23.1 Å². The zero-order valence-electron chi connectivity index (χ0n) is 12.3. The maximum absolute atomic E-state index is 12.7. The molecule has 2 aliphatic heterocycles. The molecule has 1 aliphatic carbocycles. The fourth-order valence-electron chi connectivity index (χ4n) is 4.18. The van der Waals surface area contributed by atoms with Crippen LogP contribution in [-0.4, -0.2) is 36.5 Å². The Morgan fingerprint density at radius 1 is 1.29 bits per heavy atom. The van der Waals surface area contributed by atoms with Gasteiger partial charge in [-0.05, 0) is 48.4 Å². The third-order valence-electron chi connectivity index (χ3n) is 5.38. The molecule has 3 aliphatic rings. The van der Waals surface area contributed by atoms with E-state index < -0.39 is 0 Å². The molecule has 4 rings (SSSR count). The molecular weight excluding hydrogens is 264 g/mol. The average Bonchev–Trinajstić information content (AvgIpc) is 3.12. The van der Waals surface area contributed by atoms with Crippen molar-refractivity contribution in [1.29, 1.82) is 0 Å². The number of amides is 1. The van der Waals surface area contributed by atoms with Crippen LogP contribution in [0.4, 0.5) is 0 Å². The number of hydrogen-bond donors (Lipinski definition) is 1. The summed E-state index contributed by atoms with van der Waals surface area (Å²) in [4.78, 5) is 14.8. The van der Waals surface area contributed by atoms with Crippen LogP contribution in [0, 0.1) is 11.8 Å². The molecule has 1 amide bonds. The largest absolute Gasteiger partial charge is 0.493 e. The Bertz CT molecular complexity index is 572. The molecule has 0 aromatic heterocycles. The van der Waals surface area contributed by atoms with E-state index in [0.29, 0.717) is 11.8 Å². The van der Waals surface area contributed by atoms with E-state index in [-0.39, 0.29) is 11.9 Å². The molecule has 2 N–H and O–H groups in total. The number of rotatable bonds is 1. The summed E-state index contributed by atoms with van der Waals surface area (Å²) >= 11 is 0. The molecule has 2 fully saturated rings. The van der Waals surface area contributed by atoms with Crippen LogP contribution < -0.4 is 10.5 Å². The second kappa shape index (κ2) is 5.02. The number of hydrogen-bond acceptors (Lipinski definition) is 3. The topological polar surface area (TPSA) is 55.6 Å². The lowest BCUT2D eigenvalue weighted by atomic mass is 9.78. The maximum Gasteiger partial charge on any atom is 0.253 e. The Kier molecular flexibility index (Phi) is 3.14. The lowest BCUT2D eigenvalue weighted by molar-refractivity contribution is 0.0783. The predicted octanol–water partition coefficient (Wildman–Crippen LogP) is 1.82. The van der Waals surface area contributed by atoms with E-state index in [9.17, 15) is 4.79 Å². The number of nitrogens with two attached hydrogens (primary N) is 1. The Labute approximate surface area is 125 Å². The fraction of sp³-hybridized carbons (Fsp3) is 0.588. The van der Waals surface area contributed by atoms with Crippen molar-refractivity contribution in [2.45, 2.75) is 31.7 Å². The normalized spacial score (nSPS) is 30.7. The van der Waals surface area contributed by atoms with Gasteiger partial charge in [-0.1, -0.05) is 6.42 Å². The third kappa shape index (κ3) is 2.22. The highest BCUT2D eigenvalue weighted by Crippen LogP contribution is 2.36. The molecule has 0 bridgehead atoms. The van der Waals surface area contributed by atoms with Crippen LogP contribution in [0.1, 0.15) is 35.2 Å². The van der Waals surface area contributed by atoms with E-state index in [1.54, 1.807) is 0 Å². The first-order valence-electron chi connectivity index (χ1n) is 8.03. The van der Waals surface area contributed by atoms with Gasteiger partial charge in [0.05, 0.1) is 6.61 Å². The predicted molar refractivity (Wildman–Crippen MR) is 80.4 cm³/mol. The van der Waals surface area contributed by atoms with Crippen LogP contribution in [0.25, 0.3) is 0 Å². The second-order valence-corrected chi connectivity index (χ2v) is 6.65. The van der Waals surface area contributed by atoms with Crippen molar-refractivity contribution in [3.05, 3.63) is 29.3 Å². The fourth-order valence-corrected chi connectivity index (χ4v) is 4.18. The van der Waals surface area contributed by atoms with Crippen LogP contribution in [0.15, 0.2) is 18.2 Å². The molecule has 0 radical (unpaired) electrons. The van der Waals surface area contributed by atoms with E-state index in [4.69, 9.17) is 10.5 Å². The molecule has 4 heteroatoms. The summed E-state index contributed by atoms with van der Waals surface area (Å²) in [6, 6.07) is 6.11. The summed E-state index contributed by atoms with van der Waals surface area (Å²) in [5.41, 5.74) is 8.20. The number of nitrogens with zero attached hydrogens (tertiary/aromatic N) is 1. The Hall–Kier alpha value is -1.55. The summed E-state index contributed by atoms with van der Waals surface area (Å²) in [6.07, 6.45) is 4.45. The molecule has 1 aromatic rings. The second-order valence-electron chi connectivity index (χ2n) is 6.65. The highest BCUT2D eigenvalue weighted by atomic mass is 16.5. The molecule has 112 valence electrons. The number of ether oxygens (including phenoxy) is 1. The molecule has 2 heterocycles. The van der Waals surface area contributed by atoms with Crippen molar-refractivity contribution in [2.75, 3.05) is 19.7 Å². The van der Waals surface area contributed by atoms with Crippen LogP contribution in [-0.2, 0) is 6.42 Å². The molecule has 21 heavy (non-hydrogen) atoms. The number of likely N-dealkylation sites (tertiary alicyclic amines) is 1. The van der Waals surface area contributed by atoms with Gasteiger partial charge in [-0.25, -0.2) is 0 Å². The van der Waals surface area contributed by atoms with E-state index in [1.165, 1.54) is 12.8 Å². The summed E-state index contributed by atoms with van der Waals surface area (Å²) in [7, 11) is 0. The summed E-state index contributed by atoms with van der Waals surface area (Å²) in [5.74, 6) is 2.20. The Morgan fingerprint density at radius 2 is 2.19 bits per heavy atom. The molecule has 3 atom stereocenters. The highest BCUT2D eigenvalue weighted by Gasteiger charge is 2.40. The van der Waals surface area contributed by atoms with E-state index >= 15 is 0 Å². The first-order valence-corrected chi connectivity index (χ1v) is 8.03. The molecule has 4 nitrogen and oxygen atoms in total. The SMILES string of the molecule is NC1CCCC2CN(C(=O)c3ccc4c(c3)CCO4)CC12. The summed E-state index contributed by atoms with van der Waals surface area (Å²) < 4.78 is 5.51. The van der Waals surface area contributed by atoms with Crippen molar-refractivity contribution in [3.8, 4) is 5.75 Å². The third-order valence-corrected chi connectivity index (χ3v) is 5.38. The van der Waals surface area contributed by atoms with Crippen molar-refractivity contribution in [1.82, 2.24) is 4.90 Å². The van der Waals surface area contributed by atoms with Gasteiger partial charge in [-0.2, -0.15) is 0 Å². The smallest absolute Gasteiger partial charge is 0.253 e. The number of benzene rings is 1. The number of carbonyl (C=O) groups is 1. The molecule has 1 aromatic carbocycles. The molecule has 1 saturated carbocycles. The lowest BCUT2D eigenvalue weighted by Crippen LogP contribution is -2.38. The number of carbonyl (C=O) groups excluding carboxylic acids is 1. The van der Waals surface area contributed by atoms with Gasteiger partial charge < -0.3 is 15.4 Å². The summed E-state index contributed by atoms with van der Waals surface area (Å²) in [6.45, 7) is 2.44. The molecular formula is C17H22N2O2. The molecule has 1 saturated heterocycles. The van der Waals surface area contributed by atoms with E-state index in [2.05, 4.69) is 0 Å². The minimum Gasteiger partial charge on any atom is -0.493 e. The van der Waals surface area contributed by atoms with Crippen molar-refractivity contribution < 1.29 is 9.53 Å². The minimum atomic E-state index is 0.159. The number of fused-ring (bicyclic) bond motifs is 2. The Balaban J connectivity index is 1.53. The van der Waals surface area contributed by atoms with Crippen LogP contribution in [0.5, 0.6) is 5.75 Å². The minimum absolute atomic E-state index is 0.159. The maximum atomic E-state index is 12.7. The zero-order chi connectivity index (χ0) is 14.4. The van der Waals surface area contributed by atoms with Gasteiger partial charge in [0, 0.05) is 31.1 Å². The first kappa shape index (κ1) is 13.1. The highest BCUT2D eigenvalue weighted by molar-refractivity contribution is 5.95. The van der Waals surface area contributed by atoms with Gasteiger partial charge in [0.15, 0.2) is 0 Å². The van der Waals surface area contributed by atoms with Gasteiger partial charge in [0.25, 0.3) is 5.91 Å². The van der Waals surface area contributed by atoms with Gasteiger partial charge in [0.2, 0.25) is 0 Å². The van der Waals surface area contributed by atoms with Crippen LogP contribution >= 0.6 is 0 Å². The standard InChI is InChI=1S/C17H22N2O2/c18-15-3-1-2-13-9-19(10-14(13)15)17(20)12-4-5-16-11(8-12)6-7-21-16/h4-5,8,13-15H,1-3,6-7,9-10,18H2. The molecule has 0 spiro atoms. The van der Waals surface area contributed by atoms with Gasteiger partial charge >= 0.3 is 0 Å². The van der Waals surface area contributed by atoms with Gasteiger partial charge in [-0.3, -0.25) is 4.79 Å². The lowest BCUT2D eigenvalue weighted by Gasteiger charge is -2.29. The first-order chi connectivity index (χ1) is 10.2. The van der Waals surface area contributed by atoms with Crippen molar-refractivity contribution in [2.24, 2.45) is 17.6 Å². The van der Waals surface area contributed by atoms with Crippen molar-refractivity contribution >= 4 is 5.91 Å². The van der Waals surface area contributed by atoms with Gasteiger partial charge in [-0.15, -0.1) is 0 Å². The summed E-state index contributed by atoms with van der Waals surface area (Å²) in [5, 5.41) is 0. The quantitative estimate of drug-likeness (QED) is 0.857. The van der Waals surface area contributed by atoms with E-state index in [0.717, 1.165) is 49.4 Å². The van der Waals surface area contributed by atoms with Crippen LogP contribution in [0.2, 0.25) is 0 Å². The van der Waals surface area contributed by atoms with Crippen molar-refractivity contribution in [3.63, 3.8) is 0 Å². The zero-order valence-corrected chi connectivity index (χ0v) is 12.3. The Morgan fingerprint density at radius 3 is 3.05 bits per heavy atom.